The summed E-state index contributed by atoms with van der Waals surface area (Å²) in [7, 11) is 0. The van der Waals surface area contributed by atoms with E-state index in [1.54, 1.807) is 13.8 Å². The molecule has 1 aliphatic heterocycles. The molecule has 37 heavy (non-hydrogen) atoms. The minimum Gasteiger partial charge on any atom is -0.373 e. The molecule has 0 amide bonds. The van der Waals surface area contributed by atoms with E-state index in [2.05, 4.69) is 15.0 Å². The number of ether oxygens (including phenoxy) is 1. The lowest BCUT2D eigenvalue weighted by atomic mass is 9.34. The summed E-state index contributed by atoms with van der Waals surface area (Å²) in [5.74, 6) is 0.0212. The molecule has 0 aromatic carbocycles. The molecule has 3 aromatic heterocycles. The Morgan fingerprint density at radius 2 is 1.86 bits per heavy atom. The first kappa shape index (κ1) is 17.6. The van der Waals surface area contributed by atoms with Gasteiger partial charge in [-0.2, -0.15) is 13.2 Å². The normalized spacial score (nSPS) is 33.1. The van der Waals surface area contributed by atoms with E-state index in [9.17, 15) is 18.0 Å². The molecule has 2 bridgehead atoms. The van der Waals surface area contributed by atoms with Crippen molar-refractivity contribution in [2.24, 2.45) is 5.41 Å². The molecule has 7 nitrogen and oxygen atoms in total. The molecule has 0 radical (unpaired) electrons. The van der Waals surface area contributed by atoms with Crippen molar-refractivity contribution in [3.63, 3.8) is 0 Å². The molecular formula is C27H30F3N5O2. The van der Waals surface area contributed by atoms with Crippen LogP contribution in [0, 0.1) is 19.3 Å². The summed E-state index contributed by atoms with van der Waals surface area (Å²) < 4.78 is 103. The molecule has 196 valence electrons. The monoisotopic (exact) mass is 520 g/mol. The van der Waals surface area contributed by atoms with Crippen LogP contribution >= 0.6 is 0 Å². The van der Waals surface area contributed by atoms with E-state index in [0.29, 0.717) is 50.6 Å². The van der Waals surface area contributed by atoms with Crippen LogP contribution in [0.1, 0.15) is 102 Å². The summed E-state index contributed by atoms with van der Waals surface area (Å²) in [6, 6.07) is -0.843. The van der Waals surface area contributed by atoms with E-state index in [4.69, 9.17) is 19.3 Å². The zero-order valence-electron chi connectivity index (χ0n) is 27.3. The van der Waals surface area contributed by atoms with Gasteiger partial charge in [-0.25, -0.2) is 19.9 Å². The highest BCUT2D eigenvalue weighted by Crippen LogP contribution is 2.78. The van der Waals surface area contributed by atoms with Gasteiger partial charge in [-0.05, 0) is 71.3 Å². The van der Waals surface area contributed by atoms with Crippen LogP contribution in [0.3, 0.4) is 0 Å². The van der Waals surface area contributed by atoms with E-state index >= 15 is 0 Å². The molecule has 4 heterocycles. The number of nitrogens with zero attached hydrogens (tertiary/aromatic N) is 5. The van der Waals surface area contributed by atoms with E-state index in [0.717, 1.165) is 12.3 Å². The molecule has 0 N–H and O–H groups in total. The average molecular weight is 521 g/mol. The Morgan fingerprint density at radius 1 is 1.14 bits per heavy atom. The number of fused-ring (bicyclic) bond motifs is 1. The lowest BCUT2D eigenvalue weighted by molar-refractivity contribution is -0.337. The number of hydrogen-bond acceptors (Lipinski definition) is 6. The van der Waals surface area contributed by atoms with Crippen LogP contribution in [0.5, 0.6) is 0 Å². The summed E-state index contributed by atoms with van der Waals surface area (Å²) in [6.07, 6.45) is -3.48. The summed E-state index contributed by atoms with van der Waals surface area (Å²) >= 11 is 0. The minimum absolute atomic E-state index is 0.0660. The Bertz CT molecular complexity index is 1690. The molecular weight excluding hydrogens is 483 g/mol. The van der Waals surface area contributed by atoms with Crippen LogP contribution in [-0.2, 0) is 10.2 Å². The SMILES string of the molecule is [2H]C([2H])([2H])C([2H])(n1cc([C@H]2C[C@@H](c3nc(C45CC(C(F)(F)F)(C4)C5)c4nc(C)c(C)nc4n3)CCO2)ccc1=O)C([2H])([2H])[2H]. The Balaban J connectivity index is 1.37. The highest BCUT2D eigenvalue weighted by atomic mass is 19.4. The number of aromatic nitrogens is 5. The Kier molecular flexibility index (Phi) is 3.83. The Morgan fingerprint density at radius 3 is 2.57 bits per heavy atom. The molecule has 3 aromatic rings. The van der Waals surface area contributed by atoms with Gasteiger partial charge in [-0.1, -0.05) is 0 Å². The number of rotatable bonds is 4. The predicted octanol–water partition coefficient (Wildman–Crippen LogP) is 5.40. The lowest BCUT2D eigenvalue weighted by Crippen LogP contribution is -2.70. The number of aryl methyl sites for hydroxylation is 2. The van der Waals surface area contributed by atoms with Gasteiger partial charge in [0.2, 0.25) is 0 Å². The first-order valence-electron chi connectivity index (χ1n) is 15.7. The first-order chi connectivity index (χ1) is 20.2. The van der Waals surface area contributed by atoms with E-state index in [1.807, 2.05) is 0 Å². The second kappa shape index (κ2) is 8.06. The van der Waals surface area contributed by atoms with Gasteiger partial charge in [0.25, 0.3) is 5.56 Å². The van der Waals surface area contributed by atoms with Gasteiger partial charge in [0.05, 0.1) is 30.0 Å². The van der Waals surface area contributed by atoms with Crippen LogP contribution in [0.25, 0.3) is 11.2 Å². The zero-order valence-corrected chi connectivity index (χ0v) is 20.3. The fourth-order valence-corrected chi connectivity index (χ4v) is 6.15. The third kappa shape index (κ3) is 3.70. The third-order valence-electron chi connectivity index (χ3n) is 8.29. The standard InChI is InChI=1S/C27H30F3N5O2/c1-14(2)35-10-18(5-6-20(35)36)19-9-17(7-8-37-19)23-33-22(21-24(34-23)32-16(4)15(3)31-21)25-11-26(12-25,13-25)27(28,29)30/h5-6,10,14,17,19H,7-9,11-13H2,1-4H3/t17-,19+,25?,26?/m0/s1/i1D3,2D3,14D. The van der Waals surface area contributed by atoms with Crippen molar-refractivity contribution in [3.05, 3.63) is 57.2 Å². The van der Waals surface area contributed by atoms with Crippen LogP contribution in [0.4, 0.5) is 13.2 Å². The topological polar surface area (TPSA) is 82.8 Å². The Hall–Kier alpha value is -2.88. The quantitative estimate of drug-likeness (QED) is 0.458. The van der Waals surface area contributed by atoms with Gasteiger partial charge in [-0.3, -0.25) is 4.79 Å². The average Bonchev–Trinajstić information content (AvgIpc) is 2.85. The van der Waals surface area contributed by atoms with E-state index in [1.165, 1.54) is 6.07 Å². The van der Waals surface area contributed by atoms with Gasteiger partial charge >= 0.3 is 6.18 Å². The maximum Gasteiger partial charge on any atom is 0.394 e. The van der Waals surface area contributed by atoms with Crippen molar-refractivity contribution in [1.29, 1.82) is 0 Å². The maximum atomic E-state index is 13.7. The molecule has 3 aliphatic carbocycles. The third-order valence-corrected chi connectivity index (χ3v) is 8.29. The van der Waals surface area contributed by atoms with Gasteiger partial charge in [0, 0.05) is 44.4 Å². The molecule has 7 rings (SSSR count). The summed E-state index contributed by atoms with van der Waals surface area (Å²) in [5, 5.41) is 0. The van der Waals surface area contributed by atoms with Crippen molar-refractivity contribution in [3.8, 4) is 0 Å². The van der Waals surface area contributed by atoms with Crippen LogP contribution < -0.4 is 5.56 Å². The zero-order chi connectivity index (χ0) is 32.3. The van der Waals surface area contributed by atoms with Crippen molar-refractivity contribution in [2.45, 2.75) is 89.3 Å². The molecule has 10 heteroatoms. The second-order valence-corrected chi connectivity index (χ2v) is 10.7. The largest absolute Gasteiger partial charge is 0.394 e. The van der Waals surface area contributed by atoms with Gasteiger partial charge in [0.1, 0.15) is 11.3 Å². The van der Waals surface area contributed by atoms with Crippen molar-refractivity contribution < 1.29 is 27.5 Å². The van der Waals surface area contributed by atoms with Gasteiger partial charge in [-0.15, -0.1) is 0 Å². The molecule has 0 unspecified atom stereocenters. The fraction of sp³-hybridized carbons (Fsp3) is 0.593. The minimum atomic E-state index is -4.29. The molecule has 4 aliphatic rings. The van der Waals surface area contributed by atoms with Crippen molar-refractivity contribution in [2.75, 3.05) is 6.61 Å². The van der Waals surface area contributed by atoms with Gasteiger partial charge in [0.15, 0.2) is 5.65 Å². The number of halogens is 3. The van der Waals surface area contributed by atoms with Crippen LogP contribution in [0.2, 0.25) is 0 Å². The second-order valence-electron chi connectivity index (χ2n) is 10.7. The predicted molar refractivity (Wildman–Crippen MR) is 130 cm³/mol. The van der Waals surface area contributed by atoms with E-state index in [-0.39, 0.29) is 38.2 Å². The Labute approximate surface area is 222 Å². The maximum absolute atomic E-state index is 13.7. The summed E-state index contributed by atoms with van der Waals surface area (Å²) in [6.45, 7) is -2.99. The fourth-order valence-electron chi connectivity index (χ4n) is 6.15. The smallest absolute Gasteiger partial charge is 0.373 e. The van der Waals surface area contributed by atoms with Crippen molar-refractivity contribution in [1.82, 2.24) is 24.5 Å². The molecule has 1 saturated heterocycles. The summed E-state index contributed by atoms with van der Waals surface area (Å²) in [4.78, 5) is 31.4. The highest BCUT2D eigenvalue weighted by Gasteiger charge is 2.79. The van der Waals surface area contributed by atoms with Crippen LogP contribution in [-0.4, -0.2) is 37.3 Å². The molecule has 3 saturated carbocycles. The van der Waals surface area contributed by atoms with Crippen LogP contribution in [0.15, 0.2) is 23.1 Å². The molecule has 4 fully saturated rings. The lowest BCUT2D eigenvalue weighted by Gasteiger charge is -2.70. The van der Waals surface area contributed by atoms with Crippen molar-refractivity contribution >= 4 is 11.2 Å². The summed E-state index contributed by atoms with van der Waals surface area (Å²) in [5.41, 5.74) is -0.715. The number of alkyl halides is 3. The molecule has 0 spiro atoms. The molecule has 2 atom stereocenters. The first-order valence-corrected chi connectivity index (χ1v) is 12.2. The van der Waals surface area contributed by atoms with Gasteiger partial charge < -0.3 is 9.30 Å². The number of pyridine rings is 1. The van der Waals surface area contributed by atoms with E-state index < -0.39 is 48.4 Å². The highest BCUT2D eigenvalue weighted by molar-refractivity contribution is 5.75. The number of hydrogen-bond donors (Lipinski definition) is 0.